The van der Waals surface area contributed by atoms with Gasteiger partial charge in [0.15, 0.2) is 0 Å². The molecule has 0 unspecified atom stereocenters. The van der Waals surface area contributed by atoms with Crippen LogP contribution in [-0.2, 0) is 11.2 Å². The molecular formula is C19H28N4O2. The third kappa shape index (κ3) is 7.45. The number of carbonyl (C=O) groups excluding carboxylic acids is 1. The highest BCUT2D eigenvalue weighted by atomic mass is 16.5. The van der Waals surface area contributed by atoms with Gasteiger partial charge in [-0.05, 0) is 18.6 Å². The van der Waals surface area contributed by atoms with Crippen LogP contribution in [0.15, 0.2) is 29.0 Å². The molecule has 136 valence electrons. The maximum absolute atomic E-state index is 11.9. The predicted octanol–water partition coefficient (Wildman–Crippen LogP) is 3.93. The van der Waals surface area contributed by atoms with E-state index in [1.54, 1.807) is 12.4 Å². The van der Waals surface area contributed by atoms with Crippen LogP contribution in [0.25, 0.3) is 11.4 Å². The number of aryl methyl sites for hydroxylation is 1. The second-order valence-corrected chi connectivity index (χ2v) is 6.22. The molecule has 0 saturated carbocycles. The van der Waals surface area contributed by atoms with Crippen LogP contribution >= 0.6 is 0 Å². The summed E-state index contributed by atoms with van der Waals surface area (Å²) in [5.74, 6) is 1.05. The fraction of sp³-hybridized carbons (Fsp3) is 0.579. The molecule has 2 heterocycles. The van der Waals surface area contributed by atoms with Crippen LogP contribution in [0.2, 0.25) is 0 Å². The van der Waals surface area contributed by atoms with Crippen molar-refractivity contribution >= 4 is 5.91 Å². The van der Waals surface area contributed by atoms with E-state index in [0.29, 0.717) is 24.6 Å². The Morgan fingerprint density at radius 1 is 1.08 bits per heavy atom. The Labute approximate surface area is 149 Å². The summed E-state index contributed by atoms with van der Waals surface area (Å²) in [6.07, 6.45) is 12.9. The van der Waals surface area contributed by atoms with Crippen LogP contribution in [0.4, 0.5) is 0 Å². The van der Waals surface area contributed by atoms with E-state index in [-0.39, 0.29) is 5.91 Å². The Morgan fingerprint density at radius 3 is 2.56 bits per heavy atom. The first-order valence-electron chi connectivity index (χ1n) is 9.29. The number of amides is 1. The number of aromatic nitrogens is 3. The summed E-state index contributed by atoms with van der Waals surface area (Å²) in [5, 5.41) is 6.89. The lowest BCUT2D eigenvalue weighted by atomic mass is 10.1. The third-order valence-corrected chi connectivity index (χ3v) is 4.08. The molecule has 2 aromatic heterocycles. The van der Waals surface area contributed by atoms with E-state index < -0.39 is 0 Å². The highest BCUT2D eigenvalue weighted by molar-refractivity contribution is 5.75. The molecule has 6 heteroatoms. The molecule has 0 aliphatic heterocycles. The zero-order valence-corrected chi connectivity index (χ0v) is 15.0. The summed E-state index contributed by atoms with van der Waals surface area (Å²) in [6.45, 7) is 2.97. The molecule has 0 fully saturated rings. The lowest BCUT2D eigenvalue weighted by molar-refractivity contribution is -0.121. The Hall–Kier alpha value is -2.24. The molecule has 0 aliphatic rings. The number of pyridine rings is 1. The minimum absolute atomic E-state index is 0.0367. The SMILES string of the molecule is CCCCCCCCCNC(=O)CCc1nc(-c2ccncc2)no1. The lowest BCUT2D eigenvalue weighted by Gasteiger charge is -2.04. The first kappa shape index (κ1) is 19.1. The maximum Gasteiger partial charge on any atom is 0.227 e. The summed E-state index contributed by atoms with van der Waals surface area (Å²) in [4.78, 5) is 20.1. The summed E-state index contributed by atoms with van der Waals surface area (Å²) in [6, 6.07) is 3.65. The van der Waals surface area contributed by atoms with Crippen molar-refractivity contribution in [3.05, 3.63) is 30.4 Å². The average molecular weight is 344 g/mol. The minimum Gasteiger partial charge on any atom is -0.356 e. The van der Waals surface area contributed by atoms with Gasteiger partial charge in [0.25, 0.3) is 0 Å². The van der Waals surface area contributed by atoms with Gasteiger partial charge in [-0.3, -0.25) is 9.78 Å². The van der Waals surface area contributed by atoms with Crippen molar-refractivity contribution in [1.29, 1.82) is 0 Å². The molecule has 2 aromatic rings. The zero-order chi connectivity index (χ0) is 17.7. The topological polar surface area (TPSA) is 80.9 Å². The number of unbranched alkanes of at least 4 members (excludes halogenated alkanes) is 6. The van der Waals surface area contributed by atoms with Gasteiger partial charge in [0, 0.05) is 37.3 Å². The molecule has 6 nitrogen and oxygen atoms in total. The molecule has 0 bridgehead atoms. The molecule has 2 rings (SSSR count). The normalized spacial score (nSPS) is 10.8. The van der Waals surface area contributed by atoms with Gasteiger partial charge in [0.2, 0.25) is 17.6 Å². The van der Waals surface area contributed by atoms with Gasteiger partial charge in [-0.2, -0.15) is 4.98 Å². The second-order valence-electron chi connectivity index (χ2n) is 6.22. The molecule has 25 heavy (non-hydrogen) atoms. The standard InChI is InChI=1S/C19H28N4O2/c1-2-3-4-5-6-7-8-13-21-17(24)9-10-18-22-19(23-25-18)16-11-14-20-15-12-16/h11-12,14-15H,2-10,13H2,1H3,(H,21,24). The molecule has 0 spiro atoms. The minimum atomic E-state index is 0.0367. The van der Waals surface area contributed by atoms with Crippen LogP contribution in [0.1, 0.15) is 64.2 Å². The van der Waals surface area contributed by atoms with Gasteiger partial charge in [0.05, 0.1) is 0 Å². The average Bonchev–Trinajstić information content (AvgIpc) is 3.12. The van der Waals surface area contributed by atoms with E-state index >= 15 is 0 Å². The molecule has 0 saturated heterocycles. The fourth-order valence-electron chi connectivity index (χ4n) is 2.59. The highest BCUT2D eigenvalue weighted by Crippen LogP contribution is 2.14. The summed E-state index contributed by atoms with van der Waals surface area (Å²) in [5.41, 5.74) is 0.855. The van der Waals surface area contributed by atoms with Gasteiger partial charge in [0.1, 0.15) is 0 Å². The van der Waals surface area contributed by atoms with Gasteiger partial charge < -0.3 is 9.84 Å². The number of nitrogens with zero attached hydrogens (tertiary/aromatic N) is 3. The fourth-order valence-corrected chi connectivity index (χ4v) is 2.59. The number of hydrogen-bond donors (Lipinski definition) is 1. The Balaban J connectivity index is 1.57. The Morgan fingerprint density at radius 2 is 1.80 bits per heavy atom. The Bertz CT molecular complexity index is 613. The summed E-state index contributed by atoms with van der Waals surface area (Å²) >= 11 is 0. The Kier molecular flexibility index (Phi) is 8.66. The lowest BCUT2D eigenvalue weighted by Crippen LogP contribution is -2.24. The quantitative estimate of drug-likeness (QED) is 0.590. The van der Waals surface area contributed by atoms with Crippen molar-refractivity contribution in [3.63, 3.8) is 0 Å². The van der Waals surface area contributed by atoms with E-state index in [4.69, 9.17) is 4.52 Å². The second kappa shape index (κ2) is 11.3. The van der Waals surface area contributed by atoms with Gasteiger partial charge in [-0.25, -0.2) is 0 Å². The van der Waals surface area contributed by atoms with Crippen molar-refractivity contribution in [2.45, 2.75) is 64.7 Å². The molecule has 1 amide bonds. The molecule has 0 aromatic carbocycles. The van der Waals surface area contributed by atoms with Gasteiger partial charge in [-0.15, -0.1) is 0 Å². The number of hydrogen-bond acceptors (Lipinski definition) is 5. The third-order valence-electron chi connectivity index (χ3n) is 4.08. The molecule has 0 aliphatic carbocycles. The molecule has 0 radical (unpaired) electrons. The monoisotopic (exact) mass is 344 g/mol. The summed E-state index contributed by atoms with van der Waals surface area (Å²) < 4.78 is 5.20. The van der Waals surface area contributed by atoms with E-state index in [0.717, 1.165) is 18.5 Å². The first-order valence-corrected chi connectivity index (χ1v) is 9.29. The van der Waals surface area contributed by atoms with Crippen molar-refractivity contribution in [2.24, 2.45) is 0 Å². The van der Waals surface area contributed by atoms with Crippen molar-refractivity contribution in [1.82, 2.24) is 20.4 Å². The maximum atomic E-state index is 11.9. The van der Waals surface area contributed by atoms with E-state index in [9.17, 15) is 4.79 Å². The van der Waals surface area contributed by atoms with Crippen LogP contribution in [0.5, 0.6) is 0 Å². The van der Waals surface area contributed by atoms with E-state index in [1.165, 1.54) is 38.5 Å². The highest BCUT2D eigenvalue weighted by Gasteiger charge is 2.10. The van der Waals surface area contributed by atoms with Crippen molar-refractivity contribution in [2.75, 3.05) is 6.54 Å². The zero-order valence-electron chi connectivity index (χ0n) is 15.0. The van der Waals surface area contributed by atoms with Crippen LogP contribution in [0.3, 0.4) is 0 Å². The van der Waals surface area contributed by atoms with Crippen molar-refractivity contribution < 1.29 is 9.32 Å². The first-order chi connectivity index (χ1) is 12.3. The smallest absolute Gasteiger partial charge is 0.227 e. The van der Waals surface area contributed by atoms with E-state index in [1.807, 2.05) is 12.1 Å². The van der Waals surface area contributed by atoms with Crippen molar-refractivity contribution in [3.8, 4) is 11.4 Å². The predicted molar refractivity (Wildman–Crippen MR) is 96.9 cm³/mol. The molecule has 1 N–H and O–H groups in total. The van der Waals surface area contributed by atoms with Crippen LogP contribution in [0, 0.1) is 0 Å². The van der Waals surface area contributed by atoms with Gasteiger partial charge in [-0.1, -0.05) is 50.6 Å². The number of nitrogens with one attached hydrogen (secondary N) is 1. The summed E-state index contributed by atoms with van der Waals surface area (Å²) in [7, 11) is 0. The number of carbonyl (C=O) groups is 1. The largest absolute Gasteiger partial charge is 0.356 e. The molecular weight excluding hydrogens is 316 g/mol. The van der Waals surface area contributed by atoms with Gasteiger partial charge >= 0.3 is 0 Å². The van der Waals surface area contributed by atoms with Crippen LogP contribution in [-0.4, -0.2) is 27.6 Å². The molecule has 0 atom stereocenters. The van der Waals surface area contributed by atoms with Crippen LogP contribution < -0.4 is 5.32 Å². The number of rotatable bonds is 12. The van der Waals surface area contributed by atoms with E-state index in [2.05, 4.69) is 27.4 Å².